The molecule has 118 valence electrons. The number of amides is 2. The van der Waals surface area contributed by atoms with Crippen LogP contribution in [0, 0.1) is 0 Å². The number of hydrogen-bond acceptors (Lipinski definition) is 6. The summed E-state index contributed by atoms with van der Waals surface area (Å²) in [6.07, 6.45) is 0.886. The minimum Gasteiger partial charge on any atom is -0.462 e. The van der Waals surface area contributed by atoms with Gasteiger partial charge in [-0.1, -0.05) is 6.08 Å². The second kappa shape index (κ2) is 6.98. The van der Waals surface area contributed by atoms with Crippen LogP contribution in [0.3, 0.4) is 0 Å². The first kappa shape index (κ1) is 17.6. The van der Waals surface area contributed by atoms with Gasteiger partial charge in [-0.3, -0.25) is 14.2 Å². The number of carbonyl (C=O) groups excluding carboxylic acids is 3. The van der Waals surface area contributed by atoms with E-state index < -0.39 is 31.3 Å². The highest BCUT2D eigenvalue weighted by atomic mass is 31.2. The fourth-order valence-electron chi connectivity index (χ4n) is 1.59. The molecule has 1 aliphatic rings. The van der Waals surface area contributed by atoms with Crippen molar-refractivity contribution in [3.8, 4) is 0 Å². The minimum absolute atomic E-state index is 0.0130. The van der Waals surface area contributed by atoms with Crippen LogP contribution >= 0.6 is 7.52 Å². The summed E-state index contributed by atoms with van der Waals surface area (Å²) in [5.74, 6) is -1.81. The summed E-state index contributed by atoms with van der Waals surface area (Å²) in [7, 11) is -3.62. The molecule has 1 heterocycles. The molecule has 0 spiro atoms. The quantitative estimate of drug-likeness (QED) is 0.323. The van der Waals surface area contributed by atoms with Crippen molar-refractivity contribution >= 4 is 25.3 Å². The minimum atomic E-state index is -3.62. The van der Waals surface area contributed by atoms with Gasteiger partial charge in [-0.2, -0.15) is 4.62 Å². The summed E-state index contributed by atoms with van der Waals surface area (Å²) in [4.78, 5) is 34.6. The number of nitrogens with zero attached hydrogens (tertiary/aromatic N) is 1. The van der Waals surface area contributed by atoms with E-state index >= 15 is 0 Å². The Hall–Kier alpha value is -1.50. The normalized spacial score (nSPS) is 19.5. The van der Waals surface area contributed by atoms with Crippen molar-refractivity contribution in [1.82, 2.24) is 10.2 Å². The molecular formula is C12H19N2O6P. The van der Waals surface area contributed by atoms with Crippen molar-refractivity contribution in [1.29, 1.82) is 0 Å². The molecule has 0 aromatic rings. The predicted octanol–water partition coefficient (Wildman–Crippen LogP) is 0.986. The van der Waals surface area contributed by atoms with E-state index in [9.17, 15) is 18.9 Å². The molecule has 0 saturated carbocycles. The lowest BCUT2D eigenvalue weighted by Gasteiger charge is -2.23. The summed E-state index contributed by atoms with van der Waals surface area (Å²) in [6.45, 7) is 7.94. The van der Waals surface area contributed by atoms with E-state index in [-0.39, 0.29) is 18.9 Å². The third kappa shape index (κ3) is 5.08. The smallest absolute Gasteiger partial charge is 0.327 e. The van der Waals surface area contributed by atoms with Gasteiger partial charge in [0.15, 0.2) is 0 Å². The van der Waals surface area contributed by atoms with Gasteiger partial charge in [0.25, 0.3) is 19.3 Å². The Labute approximate surface area is 122 Å². The van der Waals surface area contributed by atoms with E-state index in [0.29, 0.717) is 5.06 Å². The highest BCUT2D eigenvalue weighted by Crippen LogP contribution is 2.41. The maximum Gasteiger partial charge on any atom is 0.327 e. The Kier molecular flexibility index (Phi) is 5.83. The Morgan fingerprint density at radius 2 is 1.90 bits per heavy atom. The van der Waals surface area contributed by atoms with Crippen LogP contribution in [0.5, 0.6) is 0 Å². The number of rotatable bonds is 7. The predicted molar refractivity (Wildman–Crippen MR) is 74.1 cm³/mol. The highest BCUT2D eigenvalue weighted by molar-refractivity contribution is 7.56. The van der Waals surface area contributed by atoms with Gasteiger partial charge in [0.05, 0.1) is 6.10 Å². The molecule has 1 N–H and O–H groups in total. The van der Waals surface area contributed by atoms with Crippen molar-refractivity contribution in [2.45, 2.75) is 38.8 Å². The van der Waals surface area contributed by atoms with Gasteiger partial charge in [0.2, 0.25) is 0 Å². The van der Waals surface area contributed by atoms with Crippen LogP contribution in [0.15, 0.2) is 12.7 Å². The number of ether oxygens (including phenoxy) is 1. The monoisotopic (exact) mass is 318 g/mol. The summed E-state index contributed by atoms with van der Waals surface area (Å²) in [5, 5.41) is 2.88. The standard InChI is InChI=1S/C12H19N2O6P/c1-5-9(12(17)19-8(2)3)13-21(4,18)20-14-10(15)6-7-11(14)16/h5,8-9H,1,6-7H2,2-4H3,(H,13,18)/t9-,21?/m0/s1. The van der Waals surface area contributed by atoms with Crippen LogP contribution in [0.2, 0.25) is 0 Å². The molecule has 0 aliphatic carbocycles. The first-order valence-corrected chi connectivity index (χ1v) is 8.47. The van der Waals surface area contributed by atoms with Gasteiger partial charge in [0.1, 0.15) is 6.04 Å². The molecule has 2 atom stereocenters. The lowest BCUT2D eigenvalue weighted by Crippen LogP contribution is -2.38. The van der Waals surface area contributed by atoms with Crippen LogP contribution in [-0.2, 0) is 28.3 Å². The second-order valence-electron chi connectivity index (χ2n) is 4.84. The van der Waals surface area contributed by atoms with Crippen LogP contribution in [0.25, 0.3) is 0 Å². The maximum absolute atomic E-state index is 12.3. The van der Waals surface area contributed by atoms with Gasteiger partial charge in [0, 0.05) is 19.5 Å². The van der Waals surface area contributed by atoms with Gasteiger partial charge >= 0.3 is 5.97 Å². The van der Waals surface area contributed by atoms with Crippen molar-refractivity contribution in [2.75, 3.05) is 6.66 Å². The number of carbonyl (C=O) groups is 3. The molecule has 21 heavy (non-hydrogen) atoms. The number of hydroxylamine groups is 2. The summed E-state index contributed by atoms with van der Waals surface area (Å²) < 4.78 is 22.2. The van der Waals surface area contributed by atoms with E-state index in [2.05, 4.69) is 11.7 Å². The highest BCUT2D eigenvalue weighted by Gasteiger charge is 2.36. The molecule has 1 saturated heterocycles. The van der Waals surface area contributed by atoms with E-state index in [1.807, 2.05) is 0 Å². The SMILES string of the molecule is C=C[C@H](NP(C)(=O)ON1C(=O)CCC1=O)C(=O)OC(C)C. The summed E-state index contributed by atoms with van der Waals surface area (Å²) in [6, 6.07) is -1.07. The van der Waals surface area contributed by atoms with Crippen LogP contribution in [0.4, 0.5) is 0 Å². The average Bonchev–Trinajstić information content (AvgIpc) is 2.66. The van der Waals surface area contributed by atoms with Gasteiger partial charge in [-0.25, -0.2) is 9.88 Å². The lowest BCUT2D eigenvalue weighted by molar-refractivity contribution is -0.164. The lowest BCUT2D eigenvalue weighted by atomic mass is 10.3. The topological polar surface area (TPSA) is 102 Å². The molecule has 8 nitrogen and oxygen atoms in total. The first-order chi connectivity index (χ1) is 9.66. The molecule has 0 bridgehead atoms. The molecule has 1 rings (SSSR count). The van der Waals surface area contributed by atoms with Crippen LogP contribution in [0.1, 0.15) is 26.7 Å². The maximum atomic E-state index is 12.3. The number of esters is 1. The zero-order valence-corrected chi connectivity index (χ0v) is 13.1. The Morgan fingerprint density at radius 1 is 1.38 bits per heavy atom. The molecule has 0 aromatic heterocycles. The van der Waals surface area contributed by atoms with Gasteiger partial charge in [-0.05, 0) is 13.8 Å². The molecular weight excluding hydrogens is 299 g/mol. The second-order valence-corrected chi connectivity index (χ2v) is 6.95. The fraction of sp³-hybridized carbons (Fsp3) is 0.583. The molecule has 1 unspecified atom stereocenters. The van der Waals surface area contributed by atoms with Crippen molar-refractivity contribution in [3.63, 3.8) is 0 Å². The molecule has 1 aliphatic heterocycles. The fourth-order valence-corrected chi connectivity index (χ4v) is 2.84. The Balaban J connectivity index is 2.71. The first-order valence-electron chi connectivity index (χ1n) is 6.40. The zero-order valence-electron chi connectivity index (χ0n) is 12.2. The van der Waals surface area contributed by atoms with Crippen molar-refractivity contribution < 1.29 is 28.3 Å². The third-order valence-corrected chi connectivity index (χ3v) is 3.68. The van der Waals surface area contributed by atoms with E-state index in [4.69, 9.17) is 9.36 Å². The van der Waals surface area contributed by atoms with Crippen LogP contribution in [-0.4, -0.2) is 41.7 Å². The Bertz CT molecular complexity index is 488. The number of imide groups is 1. The molecule has 0 aromatic carbocycles. The Morgan fingerprint density at radius 3 is 2.33 bits per heavy atom. The van der Waals surface area contributed by atoms with Gasteiger partial charge in [-0.15, -0.1) is 11.6 Å². The van der Waals surface area contributed by atoms with Gasteiger partial charge < -0.3 is 4.74 Å². The molecule has 1 fully saturated rings. The largest absolute Gasteiger partial charge is 0.462 e. The summed E-state index contributed by atoms with van der Waals surface area (Å²) >= 11 is 0. The third-order valence-electron chi connectivity index (χ3n) is 2.46. The van der Waals surface area contributed by atoms with E-state index in [1.165, 1.54) is 6.08 Å². The molecule has 0 radical (unpaired) electrons. The van der Waals surface area contributed by atoms with Crippen LogP contribution < -0.4 is 5.09 Å². The zero-order chi connectivity index (χ0) is 16.2. The number of hydrogen-bond donors (Lipinski definition) is 1. The summed E-state index contributed by atoms with van der Waals surface area (Å²) in [5.41, 5.74) is 0. The van der Waals surface area contributed by atoms with Crippen molar-refractivity contribution in [3.05, 3.63) is 12.7 Å². The van der Waals surface area contributed by atoms with E-state index in [0.717, 1.165) is 6.66 Å². The average molecular weight is 318 g/mol. The molecule has 9 heteroatoms. The molecule has 2 amide bonds. The number of nitrogens with one attached hydrogen (secondary N) is 1. The van der Waals surface area contributed by atoms with E-state index in [1.54, 1.807) is 13.8 Å². The van der Waals surface area contributed by atoms with Crippen molar-refractivity contribution in [2.24, 2.45) is 0 Å².